The third kappa shape index (κ3) is 10.4. The monoisotopic (exact) mass is 601 g/mol. The van der Waals surface area contributed by atoms with E-state index in [1.165, 1.54) is 44.1 Å². The van der Waals surface area contributed by atoms with Gasteiger partial charge in [-0.25, -0.2) is 0 Å². The van der Waals surface area contributed by atoms with Gasteiger partial charge in [0.05, 0.1) is 18.5 Å². The fraction of sp³-hybridized carbons (Fsp3) is 0.568. The molecule has 238 valence electrons. The maximum atomic E-state index is 13.1. The van der Waals surface area contributed by atoms with E-state index in [1.54, 1.807) is 0 Å². The number of hydrogen-bond acceptors (Lipinski definition) is 5. The van der Waals surface area contributed by atoms with Crippen molar-refractivity contribution in [2.45, 2.75) is 108 Å². The van der Waals surface area contributed by atoms with Gasteiger partial charge in [-0.3, -0.25) is 24.5 Å². The predicted octanol–water partition coefficient (Wildman–Crippen LogP) is 5.90. The Labute approximate surface area is 263 Å². The standard InChI is InChI=1S/C37H51N3O4/c41-32(28-19-13-9-5-1-2-6-10-14-20-28)24-25-33(42)39-27-34(43)38-26-18-17-23-31-37(44)35-29-21-15-11-7-3-4-8-12-16-22-30(29)36(35)40-31/h3-4,7-8,11-12,15-16,21-22,28,31,35-36,40H,1-2,5-6,9-10,13-14,17-20,23-27H2,(H,38,43)(H,39,42)/b4-3?,7-3-,8-4-,11-7?,12-8?,15-11-,16-12-,21-15?,22-16?,29-21+,30-22+. The molecule has 1 heterocycles. The molecule has 1 aliphatic heterocycles. The van der Waals surface area contributed by atoms with E-state index >= 15 is 0 Å². The highest BCUT2D eigenvalue weighted by atomic mass is 16.2. The highest BCUT2D eigenvalue weighted by Crippen LogP contribution is 2.45. The number of allylic oxidation sites excluding steroid dienone is 10. The van der Waals surface area contributed by atoms with Crippen LogP contribution in [0.25, 0.3) is 0 Å². The van der Waals surface area contributed by atoms with E-state index in [4.69, 9.17) is 0 Å². The zero-order valence-corrected chi connectivity index (χ0v) is 26.2. The summed E-state index contributed by atoms with van der Waals surface area (Å²) < 4.78 is 0. The number of carbonyl (C=O) groups is 4. The summed E-state index contributed by atoms with van der Waals surface area (Å²) in [6.07, 6.45) is 34.3. The Kier molecular flexibility index (Phi) is 14.1. The summed E-state index contributed by atoms with van der Waals surface area (Å²) in [5.74, 6) is -0.0556. The van der Waals surface area contributed by atoms with Gasteiger partial charge in [0.1, 0.15) is 5.78 Å². The average Bonchev–Trinajstić information content (AvgIpc) is 3.25. The van der Waals surface area contributed by atoms with E-state index in [1.807, 2.05) is 54.7 Å². The van der Waals surface area contributed by atoms with Crippen molar-refractivity contribution in [3.05, 3.63) is 71.9 Å². The van der Waals surface area contributed by atoms with Gasteiger partial charge < -0.3 is 10.6 Å². The molecule has 3 fully saturated rings. The number of unbranched alkanes of at least 4 members (excludes halogenated alkanes) is 1. The quantitative estimate of drug-likeness (QED) is 0.256. The zero-order valence-electron chi connectivity index (χ0n) is 26.2. The van der Waals surface area contributed by atoms with Gasteiger partial charge in [0, 0.05) is 31.3 Å². The molecule has 0 radical (unpaired) electrons. The summed E-state index contributed by atoms with van der Waals surface area (Å²) >= 11 is 0. The lowest BCUT2D eigenvalue weighted by atomic mass is 9.69. The highest BCUT2D eigenvalue weighted by Gasteiger charge is 2.52. The summed E-state index contributed by atoms with van der Waals surface area (Å²) in [5.41, 5.74) is 2.26. The maximum Gasteiger partial charge on any atom is 0.239 e. The maximum absolute atomic E-state index is 13.1. The highest BCUT2D eigenvalue weighted by molar-refractivity contribution is 5.97. The first-order valence-electron chi connectivity index (χ1n) is 17.0. The molecule has 1 saturated heterocycles. The van der Waals surface area contributed by atoms with Gasteiger partial charge in [0.25, 0.3) is 0 Å². The first kappa shape index (κ1) is 33.6. The Morgan fingerprint density at radius 2 is 1.27 bits per heavy atom. The molecule has 2 saturated carbocycles. The minimum absolute atomic E-state index is 0.0633. The van der Waals surface area contributed by atoms with Crippen LogP contribution in [0.15, 0.2) is 71.9 Å². The Bertz CT molecular complexity index is 1180. The van der Waals surface area contributed by atoms with Crippen molar-refractivity contribution in [1.29, 1.82) is 0 Å². The van der Waals surface area contributed by atoms with Crippen molar-refractivity contribution < 1.29 is 19.2 Å². The predicted molar refractivity (Wildman–Crippen MR) is 176 cm³/mol. The van der Waals surface area contributed by atoms with Crippen molar-refractivity contribution in [3.63, 3.8) is 0 Å². The smallest absolute Gasteiger partial charge is 0.239 e. The van der Waals surface area contributed by atoms with E-state index < -0.39 is 0 Å². The molecule has 0 aromatic heterocycles. The van der Waals surface area contributed by atoms with Crippen molar-refractivity contribution in [3.8, 4) is 0 Å². The van der Waals surface area contributed by atoms with Crippen molar-refractivity contribution in [2.75, 3.05) is 13.1 Å². The van der Waals surface area contributed by atoms with E-state index in [0.717, 1.165) is 50.5 Å². The van der Waals surface area contributed by atoms with Gasteiger partial charge in [-0.1, -0.05) is 112 Å². The molecule has 7 nitrogen and oxygen atoms in total. The third-order valence-electron chi connectivity index (χ3n) is 9.29. The fourth-order valence-corrected chi connectivity index (χ4v) is 6.75. The Balaban J connectivity index is 1.09. The SMILES string of the molecule is O=C(CCC(=O)C1CCCCCCCCCC1)NCC(=O)NCCCCC1NC2C3=C/C=C\C=C/C=C\C=C/C=C\3C2C1=O. The summed E-state index contributed by atoms with van der Waals surface area (Å²) in [6.45, 7) is 0.413. The first-order chi connectivity index (χ1) is 21.5. The molecule has 3 aliphatic carbocycles. The number of nitrogens with one attached hydrogen (secondary N) is 3. The van der Waals surface area contributed by atoms with Gasteiger partial charge in [-0.05, 0) is 43.3 Å². The van der Waals surface area contributed by atoms with Crippen LogP contribution in [-0.2, 0) is 19.2 Å². The van der Waals surface area contributed by atoms with Crippen LogP contribution in [0.1, 0.15) is 96.3 Å². The Hall–Kier alpha value is -3.32. The molecular weight excluding hydrogens is 550 g/mol. The number of amides is 2. The van der Waals surface area contributed by atoms with Crippen LogP contribution in [0.4, 0.5) is 0 Å². The van der Waals surface area contributed by atoms with Crippen LogP contribution in [0, 0.1) is 11.8 Å². The van der Waals surface area contributed by atoms with E-state index in [9.17, 15) is 19.2 Å². The van der Waals surface area contributed by atoms with Gasteiger partial charge in [0.15, 0.2) is 5.78 Å². The molecule has 3 atom stereocenters. The van der Waals surface area contributed by atoms with E-state index in [0.29, 0.717) is 6.54 Å². The Morgan fingerprint density at radius 1 is 0.682 bits per heavy atom. The average molecular weight is 602 g/mol. The molecule has 0 aromatic rings. The third-order valence-corrected chi connectivity index (χ3v) is 9.29. The lowest BCUT2D eigenvalue weighted by Crippen LogP contribution is -2.42. The first-order valence-corrected chi connectivity index (χ1v) is 17.0. The second kappa shape index (κ2) is 18.5. The van der Waals surface area contributed by atoms with Crippen LogP contribution < -0.4 is 16.0 Å². The van der Waals surface area contributed by atoms with Crippen molar-refractivity contribution in [2.24, 2.45) is 11.8 Å². The van der Waals surface area contributed by atoms with Crippen LogP contribution in [-0.4, -0.2) is 48.6 Å². The fourth-order valence-electron chi connectivity index (χ4n) is 6.75. The van der Waals surface area contributed by atoms with Gasteiger partial charge >= 0.3 is 0 Å². The summed E-state index contributed by atoms with van der Waals surface area (Å²) in [5, 5.41) is 9.05. The summed E-state index contributed by atoms with van der Waals surface area (Å²) in [4.78, 5) is 50.5. The number of ketones is 2. The minimum Gasteiger partial charge on any atom is -0.355 e. The molecule has 4 aliphatic rings. The Morgan fingerprint density at radius 3 is 1.93 bits per heavy atom. The number of Topliss-reactive ketones (excluding diaryl/α,β-unsaturated/α-hetero) is 2. The summed E-state index contributed by atoms with van der Waals surface area (Å²) in [7, 11) is 0. The second-order valence-electron chi connectivity index (χ2n) is 12.6. The van der Waals surface area contributed by atoms with Crippen LogP contribution in [0.5, 0.6) is 0 Å². The zero-order chi connectivity index (χ0) is 31.0. The molecule has 3 unspecified atom stereocenters. The summed E-state index contributed by atoms with van der Waals surface area (Å²) in [6, 6.07) is -0.116. The van der Waals surface area contributed by atoms with Gasteiger partial charge in [-0.2, -0.15) is 0 Å². The molecule has 0 bridgehead atoms. The molecular formula is C37H51N3O4. The minimum atomic E-state index is -0.251. The van der Waals surface area contributed by atoms with Gasteiger partial charge in [0.2, 0.25) is 11.8 Å². The lowest BCUT2D eigenvalue weighted by Gasteiger charge is -2.36. The van der Waals surface area contributed by atoms with E-state index in [-0.39, 0.29) is 66.7 Å². The van der Waals surface area contributed by atoms with E-state index in [2.05, 4.69) is 22.0 Å². The molecule has 0 aromatic carbocycles. The topological polar surface area (TPSA) is 104 Å². The largest absolute Gasteiger partial charge is 0.355 e. The molecule has 7 heteroatoms. The van der Waals surface area contributed by atoms with Crippen molar-refractivity contribution in [1.82, 2.24) is 16.0 Å². The molecule has 44 heavy (non-hydrogen) atoms. The van der Waals surface area contributed by atoms with Crippen molar-refractivity contribution >= 4 is 23.4 Å². The van der Waals surface area contributed by atoms with Gasteiger partial charge in [-0.15, -0.1) is 0 Å². The van der Waals surface area contributed by atoms with Crippen LogP contribution in [0.3, 0.4) is 0 Å². The number of hydrogen-bond donors (Lipinski definition) is 3. The lowest BCUT2D eigenvalue weighted by molar-refractivity contribution is -0.128. The second-order valence-corrected chi connectivity index (χ2v) is 12.6. The molecule has 4 rings (SSSR count). The number of fused-ring (bicyclic) bond motifs is 4. The molecule has 3 N–H and O–H groups in total. The molecule has 2 amide bonds. The number of rotatable bonds is 11. The number of carbonyl (C=O) groups excluding carboxylic acids is 4. The van der Waals surface area contributed by atoms with Crippen LogP contribution in [0.2, 0.25) is 0 Å². The van der Waals surface area contributed by atoms with Crippen LogP contribution >= 0.6 is 0 Å². The normalized spacial score (nSPS) is 29.6. The molecule has 0 spiro atoms.